The van der Waals surface area contributed by atoms with Gasteiger partial charge in [-0.1, -0.05) is 11.8 Å². The molecular weight excluding hydrogens is 441 g/mol. The van der Waals surface area contributed by atoms with E-state index >= 15 is 0 Å². The Morgan fingerprint density at radius 1 is 1.56 bits per heavy atom. The zero-order chi connectivity index (χ0) is 19.2. The SMILES string of the molecule is C[C@@H](O)[C@H]1C(=O)N2C(C(=O)[O-])=C(S[C@@H]3CN[C@H](CCS(N)(=O)=O)C3)S[C@H]12.[K+]. The van der Waals surface area contributed by atoms with Crippen molar-refractivity contribution in [3.63, 3.8) is 0 Å². The van der Waals surface area contributed by atoms with E-state index in [1.54, 1.807) is 0 Å². The summed E-state index contributed by atoms with van der Waals surface area (Å²) in [6.07, 6.45) is 0.217. The van der Waals surface area contributed by atoms with Crippen LogP contribution >= 0.6 is 23.5 Å². The van der Waals surface area contributed by atoms with Crippen molar-refractivity contribution in [1.29, 1.82) is 0 Å². The predicted octanol–water partition coefficient (Wildman–Crippen LogP) is -5.04. The van der Waals surface area contributed by atoms with E-state index < -0.39 is 39.3 Å². The van der Waals surface area contributed by atoms with Gasteiger partial charge in [0, 0.05) is 17.8 Å². The Balaban J connectivity index is 0.00000261. The number of hydrogen-bond acceptors (Lipinski definition) is 9. The maximum Gasteiger partial charge on any atom is 1.00 e. The Morgan fingerprint density at radius 3 is 2.78 bits per heavy atom. The van der Waals surface area contributed by atoms with Crippen LogP contribution in [0.3, 0.4) is 0 Å². The largest absolute Gasteiger partial charge is 1.00 e. The van der Waals surface area contributed by atoms with Crippen molar-refractivity contribution in [2.24, 2.45) is 11.1 Å². The van der Waals surface area contributed by atoms with Crippen molar-refractivity contribution in [2.45, 2.75) is 42.5 Å². The number of hydrogen-bond donors (Lipinski definition) is 3. The van der Waals surface area contributed by atoms with E-state index in [0.717, 1.165) is 0 Å². The summed E-state index contributed by atoms with van der Waals surface area (Å²) in [6, 6.07) is -0.00639. The summed E-state index contributed by atoms with van der Waals surface area (Å²) in [4.78, 5) is 24.9. The molecule has 4 N–H and O–H groups in total. The molecule has 0 aromatic carbocycles. The topological polar surface area (TPSA) is 153 Å². The third-order valence-electron chi connectivity index (χ3n) is 4.67. The number of primary sulfonamides is 1. The van der Waals surface area contributed by atoms with Crippen molar-refractivity contribution < 1.29 is 79.6 Å². The van der Waals surface area contributed by atoms with Gasteiger partial charge >= 0.3 is 51.4 Å². The number of carbonyl (C=O) groups excluding carboxylic acids is 2. The molecule has 3 aliphatic rings. The van der Waals surface area contributed by atoms with Gasteiger partial charge in [-0.15, -0.1) is 11.8 Å². The van der Waals surface area contributed by atoms with Crippen molar-refractivity contribution >= 4 is 45.4 Å². The smallest absolute Gasteiger partial charge is 0.543 e. The van der Waals surface area contributed by atoms with Gasteiger partial charge in [0.25, 0.3) is 0 Å². The van der Waals surface area contributed by atoms with Gasteiger partial charge in [0.15, 0.2) is 0 Å². The van der Waals surface area contributed by atoms with Gasteiger partial charge in [0.2, 0.25) is 15.9 Å². The van der Waals surface area contributed by atoms with Crippen LogP contribution in [0.15, 0.2) is 9.93 Å². The Labute approximate surface area is 208 Å². The molecule has 3 aliphatic heterocycles. The number of carbonyl (C=O) groups is 2. The number of β-lactam (4-membered cyclic amide) rings is 1. The van der Waals surface area contributed by atoms with Crippen LogP contribution in [0.1, 0.15) is 19.8 Å². The molecule has 2 saturated heterocycles. The second-order valence-corrected chi connectivity index (χ2v) is 11.1. The number of nitrogens with one attached hydrogen (secondary N) is 1. The van der Waals surface area contributed by atoms with Crippen molar-refractivity contribution in [3.8, 4) is 0 Å². The van der Waals surface area contributed by atoms with Gasteiger partial charge in [0.1, 0.15) is 5.37 Å². The molecule has 0 unspecified atom stereocenters. The molecule has 0 saturated carbocycles. The molecule has 0 radical (unpaired) electrons. The van der Waals surface area contributed by atoms with Gasteiger partial charge in [-0.25, -0.2) is 13.6 Å². The molecule has 3 heterocycles. The minimum atomic E-state index is -3.51. The van der Waals surface area contributed by atoms with E-state index in [1.807, 2.05) is 0 Å². The first-order valence-electron chi connectivity index (χ1n) is 8.12. The average molecular weight is 462 g/mol. The van der Waals surface area contributed by atoms with Crippen LogP contribution in [0.4, 0.5) is 0 Å². The number of amides is 1. The van der Waals surface area contributed by atoms with E-state index in [1.165, 1.54) is 35.3 Å². The number of nitrogens with zero attached hydrogens (tertiary/aromatic N) is 1. The fraction of sp³-hybridized carbons (Fsp3) is 0.714. The van der Waals surface area contributed by atoms with Gasteiger partial charge in [-0.3, -0.25) is 9.69 Å². The molecular formula is C14H20KN3O6S3. The molecule has 1 amide bonds. The molecule has 0 spiro atoms. The summed E-state index contributed by atoms with van der Waals surface area (Å²) in [6.45, 7) is 2.12. The summed E-state index contributed by atoms with van der Waals surface area (Å²) in [7, 11) is -3.51. The number of carboxylic acid groups (broad SMARTS) is 1. The van der Waals surface area contributed by atoms with E-state index in [9.17, 15) is 28.2 Å². The number of fused-ring (bicyclic) bond motifs is 1. The van der Waals surface area contributed by atoms with E-state index in [0.29, 0.717) is 23.6 Å². The molecule has 5 atom stereocenters. The van der Waals surface area contributed by atoms with Crippen LogP contribution in [0, 0.1) is 5.92 Å². The Kier molecular flexibility index (Phi) is 8.33. The quantitative estimate of drug-likeness (QED) is 0.250. The molecule has 146 valence electrons. The van der Waals surface area contributed by atoms with Crippen LogP contribution < -0.4 is 66.9 Å². The second-order valence-electron chi connectivity index (χ2n) is 6.64. The predicted molar refractivity (Wildman–Crippen MR) is 95.8 cm³/mol. The fourth-order valence-corrected chi connectivity index (χ4v) is 7.33. The molecule has 0 aromatic heterocycles. The van der Waals surface area contributed by atoms with Gasteiger partial charge < -0.3 is 20.3 Å². The summed E-state index contributed by atoms with van der Waals surface area (Å²) in [5.74, 6) is -2.53. The standard InChI is InChI=1S/C14H21N3O6S3.K/c1-6(18)9-11(19)17-10(13(20)21)14(25-12(9)17)24-8-4-7(16-5-8)2-3-26(15,22)23;/h6-9,12,16,18H,2-5H2,1H3,(H,20,21)(H2,15,22,23);/q;+1/p-1/t6-,7-,8+,9+,12-;/m1./s1. The van der Waals surface area contributed by atoms with Gasteiger partial charge in [0.05, 0.1) is 33.7 Å². The van der Waals surface area contributed by atoms with Crippen LogP contribution in [-0.2, 0) is 19.6 Å². The van der Waals surface area contributed by atoms with Crippen LogP contribution in [0.5, 0.6) is 0 Å². The fourth-order valence-electron chi connectivity index (χ4n) is 3.37. The van der Waals surface area contributed by atoms with Crippen LogP contribution in [-0.4, -0.2) is 65.4 Å². The van der Waals surface area contributed by atoms with E-state index in [-0.39, 0.29) is 74.1 Å². The minimum Gasteiger partial charge on any atom is -0.543 e. The first-order valence-corrected chi connectivity index (χ1v) is 11.6. The molecule has 0 aromatic rings. The Bertz CT molecular complexity index is 759. The van der Waals surface area contributed by atoms with Crippen molar-refractivity contribution in [3.05, 3.63) is 9.93 Å². The molecule has 13 heteroatoms. The molecule has 3 rings (SSSR count). The monoisotopic (exact) mass is 461 g/mol. The Hall–Kier alpha value is 0.846. The molecule has 27 heavy (non-hydrogen) atoms. The summed E-state index contributed by atoms with van der Waals surface area (Å²) >= 11 is 2.62. The number of nitrogens with two attached hydrogens (primary N) is 1. The normalized spacial score (nSPS) is 31.4. The third-order valence-corrected chi connectivity index (χ3v) is 8.30. The van der Waals surface area contributed by atoms with Crippen LogP contribution in [0.2, 0.25) is 0 Å². The molecule has 9 nitrogen and oxygen atoms in total. The van der Waals surface area contributed by atoms with Crippen molar-refractivity contribution in [2.75, 3.05) is 12.3 Å². The zero-order valence-electron chi connectivity index (χ0n) is 15.0. The number of aliphatic hydroxyl groups excluding tert-OH is 1. The Morgan fingerprint density at radius 2 is 2.22 bits per heavy atom. The zero-order valence-corrected chi connectivity index (χ0v) is 20.5. The number of aliphatic hydroxyl groups is 1. The molecule has 2 fully saturated rings. The van der Waals surface area contributed by atoms with Gasteiger partial charge in [-0.2, -0.15) is 0 Å². The molecule has 0 bridgehead atoms. The first kappa shape index (κ1) is 24.1. The summed E-state index contributed by atoms with van der Waals surface area (Å²) in [5.41, 5.74) is -0.125. The summed E-state index contributed by atoms with van der Waals surface area (Å²) < 4.78 is 22.6. The number of rotatable bonds is 7. The van der Waals surface area contributed by atoms with Crippen LogP contribution in [0.25, 0.3) is 0 Å². The average Bonchev–Trinajstić information content (AvgIpc) is 3.07. The second kappa shape index (κ2) is 9.33. The number of carboxylic acids is 1. The maximum atomic E-state index is 12.2. The third kappa shape index (κ3) is 5.31. The number of sulfonamides is 1. The summed E-state index contributed by atoms with van der Waals surface area (Å²) in [5, 5.41) is 29.1. The van der Waals surface area contributed by atoms with E-state index in [2.05, 4.69) is 5.32 Å². The van der Waals surface area contributed by atoms with Gasteiger partial charge in [-0.05, 0) is 19.8 Å². The molecule has 0 aliphatic carbocycles. The number of aliphatic carboxylic acids is 1. The number of thioether (sulfide) groups is 2. The van der Waals surface area contributed by atoms with Crippen molar-refractivity contribution in [1.82, 2.24) is 10.2 Å². The maximum absolute atomic E-state index is 12.2. The minimum absolute atomic E-state index is 0. The first-order chi connectivity index (χ1) is 12.1. The van der Waals surface area contributed by atoms with E-state index in [4.69, 9.17) is 5.14 Å².